The van der Waals surface area contributed by atoms with Crippen LogP contribution in [0.5, 0.6) is 0 Å². The zero-order valence-corrected chi connectivity index (χ0v) is 14.0. The third-order valence-electron chi connectivity index (χ3n) is 2.95. The minimum atomic E-state index is -0.351. The van der Waals surface area contributed by atoms with Crippen LogP contribution in [0.2, 0.25) is 0 Å². The second kappa shape index (κ2) is 8.48. The Hall–Kier alpha value is -0.680. The number of thiocarbonyl (C=S) groups is 1. The predicted molar refractivity (Wildman–Crippen MR) is 85.1 cm³/mol. The highest BCUT2D eigenvalue weighted by Crippen LogP contribution is 2.16. The first-order chi connectivity index (χ1) is 8.66. The number of nitrogens with zero attached hydrogens (tertiary/aromatic N) is 2. The lowest BCUT2D eigenvalue weighted by atomic mass is 9.94. The summed E-state index contributed by atoms with van der Waals surface area (Å²) in [5.41, 5.74) is 5.74. The predicted octanol–water partition coefficient (Wildman–Crippen LogP) is 1.59. The summed E-state index contributed by atoms with van der Waals surface area (Å²) in [5.74, 6) is 0.290. The smallest absolute Gasteiger partial charge is 0.232 e. The van der Waals surface area contributed by atoms with Gasteiger partial charge < -0.3 is 15.5 Å². The molecule has 0 saturated carbocycles. The highest BCUT2D eigenvalue weighted by Gasteiger charge is 2.29. The molecule has 0 aliphatic rings. The SMILES string of the molecule is CC(C)CN(CCN(C)C)C(=O)C(C(N)=S)C(C)C. The molecule has 0 aliphatic heterocycles. The zero-order chi connectivity index (χ0) is 15.2. The highest BCUT2D eigenvalue weighted by molar-refractivity contribution is 7.80. The number of hydrogen-bond donors (Lipinski definition) is 1. The molecule has 0 aromatic rings. The van der Waals surface area contributed by atoms with Crippen LogP contribution in [0.25, 0.3) is 0 Å². The van der Waals surface area contributed by atoms with Crippen LogP contribution in [0.1, 0.15) is 27.7 Å². The van der Waals surface area contributed by atoms with Crippen LogP contribution in [0, 0.1) is 17.8 Å². The van der Waals surface area contributed by atoms with Crippen molar-refractivity contribution in [3.05, 3.63) is 0 Å². The maximum absolute atomic E-state index is 12.6. The molecule has 1 atom stereocenters. The minimum Gasteiger partial charge on any atom is -0.393 e. The van der Waals surface area contributed by atoms with Crippen molar-refractivity contribution in [2.24, 2.45) is 23.5 Å². The topological polar surface area (TPSA) is 49.6 Å². The van der Waals surface area contributed by atoms with Gasteiger partial charge in [-0.25, -0.2) is 0 Å². The summed E-state index contributed by atoms with van der Waals surface area (Å²) in [7, 11) is 4.01. The average Bonchev–Trinajstić information content (AvgIpc) is 2.22. The third-order valence-corrected chi connectivity index (χ3v) is 3.21. The molecule has 5 heteroatoms. The van der Waals surface area contributed by atoms with E-state index in [1.807, 2.05) is 32.8 Å². The van der Waals surface area contributed by atoms with Gasteiger partial charge in [-0.05, 0) is 25.9 Å². The van der Waals surface area contributed by atoms with E-state index in [1.165, 1.54) is 0 Å². The molecule has 0 spiro atoms. The number of nitrogens with two attached hydrogens (primary N) is 1. The summed E-state index contributed by atoms with van der Waals surface area (Å²) in [6, 6.07) is 0. The van der Waals surface area contributed by atoms with Gasteiger partial charge in [-0.15, -0.1) is 0 Å². The number of carbonyl (C=O) groups excluding carboxylic acids is 1. The largest absolute Gasteiger partial charge is 0.393 e. The van der Waals surface area contributed by atoms with Crippen molar-refractivity contribution in [1.82, 2.24) is 9.80 Å². The highest BCUT2D eigenvalue weighted by atomic mass is 32.1. The summed E-state index contributed by atoms with van der Waals surface area (Å²) >= 11 is 5.06. The average molecular weight is 287 g/mol. The summed E-state index contributed by atoms with van der Waals surface area (Å²) in [4.78, 5) is 16.9. The number of carbonyl (C=O) groups is 1. The normalized spacial score (nSPS) is 13.1. The van der Waals surface area contributed by atoms with Crippen LogP contribution in [0.15, 0.2) is 0 Å². The summed E-state index contributed by atoms with van der Waals surface area (Å²) in [5, 5.41) is 0. The summed E-state index contributed by atoms with van der Waals surface area (Å²) < 4.78 is 0. The monoisotopic (exact) mass is 287 g/mol. The number of amides is 1. The van der Waals surface area contributed by atoms with Crippen LogP contribution >= 0.6 is 12.2 Å². The van der Waals surface area contributed by atoms with E-state index in [4.69, 9.17) is 18.0 Å². The fraction of sp³-hybridized carbons (Fsp3) is 0.857. The molecule has 0 radical (unpaired) electrons. The molecule has 0 aromatic carbocycles. The fourth-order valence-corrected chi connectivity index (χ4v) is 2.36. The molecule has 19 heavy (non-hydrogen) atoms. The van der Waals surface area contributed by atoms with Gasteiger partial charge in [0.25, 0.3) is 0 Å². The van der Waals surface area contributed by atoms with Crippen LogP contribution in [-0.4, -0.2) is 54.4 Å². The molecule has 0 rings (SSSR count). The molecule has 0 aromatic heterocycles. The van der Waals surface area contributed by atoms with E-state index in [0.29, 0.717) is 10.9 Å². The molecule has 4 nitrogen and oxygen atoms in total. The van der Waals surface area contributed by atoms with Crippen LogP contribution in [-0.2, 0) is 4.79 Å². The molecule has 2 N–H and O–H groups in total. The Kier molecular flexibility index (Phi) is 8.18. The lowest BCUT2D eigenvalue weighted by molar-refractivity contribution is -0.135. The summed E-state index contributed by atoms with van der Waals surface area (Å²) in [6.45, 7) is 10.5. The lowest BCUT2D eigenvalue weighted by Gasteiger charge is -2.31. The van der Waals surface area contributed by atoms with Gasteiger partial charge in [-0.3, -0.25) is 4.79 Å². The van der Waals surface area contributed by atoms with Gasteiger partial charge in [0.05, 0.1) is 10.9 Å². The third kappa shape index (κ3) is 6.87. The van der Waals surface area contributed by atoms with Gasteiger partial charge in [0.1, 0.15) is 0 Å². The summed E-state index contributed by atoms with van der Waals surface area (Å²) in [6.07, 6.45) is 0. The van der Waals surface area contributed by atoms with E-state index in [1.54, 1.807) is 0 Å². The number of likely N-dealkylation sites (N-methyl/N-ethyl adjacent to an activating group) is 1. The van der Waals surface area contributed by atoms with Crippen LogP contribution in [0.3, 0.4) is 0 Å². The van der Waals surface area contributed by atoms with Crippen molar-refractivity contribution in [3.63, 3.8) is 0 Å². The van der Waals surface area contributed by atoms with Crippen LogP contribution in [0.4, 0.5) is 0 Å². The molecule has 0 aliphatic carbocycles. The second-order valence-electron chi connectivity index (χ2n) is 6.11. The van der Waals surface area contributed by atoms with E-state index in [2.05, 4.69) is 18.7 Å². The van der Waals surface area contributed by atoms with Crippen molar-refractivity contribution in [2.75, 3.05) is 33.7 Å². The van der Waals surface area contributed by atoms with Gasteiger partial charge in [-0.1, -0.05) is 39.9 Å². The molecule has 0 heterocycles. The second-order valence-corrected chi connectivity index (χ2v) is 6.58. The molecular formula is C14H29N3OS. The zero-order valence-electron chi connectivity index (χ0n) is 13.1. The Morgan fingerprint density at radius 1 is 1.16 bits per heavy atom. The molecule has 0 fully saturated rings. The Labute approximate surface area is 123 Å². The minimum absolute atomic E-state index is 0.0676. The Morgan fingerprint density at radius 2 is 1.68 bits per heavy atom. The van der Waals surface area contributed by atoms with Crippen molar-refractivity contribution in [1.29, 1.82) is 0 Å². The van der Waals surface area contributed by atoms with Crippen molar-refractivity contribution >= 4 is 23.1 Å². The van der Waals surface area contributed by atoms with E-state index in [-0.39, 0.29) is 17.7 Å². The van der Waals surface area contributed by atoms with E-state index in [9.17, 15) is 4.79 Å². The van der Waals surface area contributed by atoms with Gasteiger partial charge >= 0.3 is 0 Å². The Morgan fingerprint density at radius 3 is 2.00 bits per heavy atom. The van der Waals surface area contributed by atoms with Gasteiger partial charge in [-0.2, -0.15) is 0 Å². The molecule has 1 amide bonds. The van der Waals surface area contributed by atoms with Gasteiger partial charge in [0.2, 0.25) is 5.91 Å². The van der Waals surface area contributed by atoms with E-state index >= 15 is 0 Å². The van der Waals surface area contributed by atoms with E-state index < -0.39 is 0 Å². The van der Waals surface area contributed by atoms with Crippen LogP contribution < -0.4 is 5.73 Å². The molecule has 0 bridgehead atoms. The number of hydrogen-bond acceptors (Lipinski definition) is 3. The first-order valence-corrected chi connectivity index (χ1v) is 7.30. The van der Waals surface area contributed by atoms with Gasteiger partial charge in [0, 0.05) is 19.6 Å². The first-order valence-electron chi connectivity index (χ1n) is 6.89. The lowest BCUT2D eigenvalue weighted by Crippen LogP contribution is -2.47. The Balaban J connectivity index is 4.90. The standard InChI is InChI=1S/C14H29N3OS/c1-10(2)9-17(8-7-16(5)6)14(18)12(11(3)4)13(15)19/h10-12H,7-9H2,1-6H3,(H2,15,19). The maximum Gasteiger partial charge on any atom is 0.232 e. The maximum atomic E-state index is 12.6. The molecule has 0 saturated heterocycles. The van der Waals surface area contributed by atoms with Crippen molar-refractivity contribution in [2.45, 2.75) is 27.7 Å². The van der Waals surface area contributed by atoms with E-state index in [0.717, 1.165) is 19.6 Å². The Bertz CT molecular complexity index is 303. The first kappa shape index (κ1) is 18.3. The fourth-order valence-electron chi connectivity index (χ4n) is 1.99. The van der Waals surface area contributed by atoms with Crippen molar-refractivity contribution < 1.29 is 4.79 Å². The van der Waals surface area contributed by atoms with Gasteiger partial charge in [0.15, 0.2) is 0 Å². The molecular weight excluding hydrogens is 258 g/mol. The molecule has 1 unspecified atom stereocenters. The quantitative estimate of drug-likeness (QED) is 0.689. The van der Waals surface area contributed by atoms with Crippen molar-refractivity contribution in [3.8, 4) is 0 Å². The number of rotatable bonds is 8. The molecule has 112 valence electrons.